The van der Waals surface area contributed by atoms with Gasteiger partial charge in [-0.1, -0.05) is 0 Å². The van der Waals surface area contributed by atoms with Gasteiger partial charge in [-0.2, -0.15) is 0 Å². The lowest BCUT2D eigenvalue weighted by Crippen LogP contribution is -2.31. The minimum absolute atomic E-state index is 0.0390. The molecule has 1 heterocycles. The molecule has 3 nitrogen and oxygen atoms in total. The van der Waals surface area contributed by atoms with Crippen LogP contribution in [0, 0.1) is 11.8 Å². The fourth-order valence-corrected chi connectivity index (χ4v) is 2.92. The van der Waals surface area contributed by atoms with E-state index in [0.717, 1.165) is 32.0 Å². The molecule has 0 aromatic carbocycles. The van der Waals surface area contributed by atoms with Crippen LogP contribution in [-0.4, -0.2) is 49.0 Å². The number of aliphatic hydroxyl groups excluding tert-OH is 1. The van der Waals surface area contributed by atoms with E-state index in [1.165, 1.54) is 6.42 Å². The van der Waals surface area contributed by atoms with Gasteiger partial charge in [0.05, 0.1) is 12.2 Å². The van der Waals surface area contributed by atoms with Crippen LogP contribution in [0.4, 0.5) is 0 Å². The highest BCUT2D eigenvalue weighted by molar-refractivity contribution is 4.93. The van der Waals surface area contributed by atoms with Crippen molar-refractivity contribution in [2.45, 2.75) is 32.0 Å². The number of ether oxygens (including phenoxy) is 1. The molecule has 0 spiro atoms. The van der Waals surface area contributed by atoms with Crippen molar-refractivity contribution < 1.29 is 9.84 Å². The molecule has 1 saturated carbocycles. The van der Waals surface area contributed by atoms with Gasteiger partial charge in [-0.25, -0.2) is 0 Å². The molecule has 1 aliphatic heterocycles. The smallest absolute Gasteiger partial charge is 0.0670 e. The molecule has 2 fully saturated rings. The molecule has 4 unspecified atom stereocenters. The van der Waals surface area contributed by atoms with E-state index in [9.17, 15) is 5.11 Å². The van der Waals surface area contributed by atoms with Gasteiger partial charge in [0.2, 0.25) is 0 Å². The molecule has 4 atom stereocenters. The zero-order valence-electron chi connectivity index (χ0n) is 9.15. The lowest BCUT2D eigenvalue weighted by atomic mass is 10.00. The quantitative estimate of drug-likeness (QED) is 0.727. The fraction of sp³-hybridized carbons (Fsp3) is 1.00. The topological polar surface area (TPSA) is 32.7 Å². The monoisotopic (exact) mass is 199 g/mol. The molecular weight excluding hydrogens is 178 g/mol. The minimum atomic E-state index is -0.0390. The van der Waals surface area contributed by atoms with Crippen molar-refractivity contribution in [3.8, 4) is 0 Å². The summed E-state index contributed by atoms with van der Waals surface area (Å²) in [7, 11) is 1.76. The summed E-state index contributed by atoms with van der Waals surface area (Å²) < 4.78 is 5.26. The Morgan fingerprint density at radius 1 is 1.43 bits per heavy atom. The van der Waals surface area contributed by atoms with E-state index in [1.54, 1.807) is 7.11 Å². The fourth-order valence-electron chi connectivity index (χ4n) is 2.92. The Kier molecular flexibility index (Phi) is 3.10. The Morgan fingerprint density at radius 3 is 2.86 bits per heavy atom. The molecule has 14 heavy (non-hydrogen) atoms. The summed E-state index contributed by atoms with van der Waals surface area (Å²) in [5.74, 6) is 1.29. The lowest BCUT2D eigenvalue weighted by molar-refractivity contribution is 0.0756. The third-order valence-corrected chi connectivity index (χ3v) is 3.81. The Balaban J connectivity index is 1.83. The first-order valence-corrected chi connectivity index (χ1v) is 5.64. The molecule has 1 N–H and O–H groups in total. The molecule has 0 aromatic heterocycles. The standard InChI is InChI=1S/C11H21NO2/c1-8(14-2)5-12-6-9-3-4-11(13)10(9)7-12/h8-11,13H,3-7H2,1-2H3. The Bertz CT molecular complexity index is 198. The Labute approximate surface area is 86.0 Å². The van der Waals surface area contributed by atoms with Crippen molar-refractivity contribution in [3.05, 3.63) is 0 Å². The van der Waals surface area contributed by atoms with Crippen LogP contribution in [0.25, 0.3) is 0 Å². The number of nitrogens with zero attached hydrogens (tertiary/aromatic N) is 1. The first kappa shape index (κ1) is 10.4. The van der Waals surface area contributed by atoms with Crippen molar-refractivity contribution in [2.24, 2.45) is 11.8 Å². The molecule has 1 saturated heterocycles. The summed E-state index contributed by atoms with van der Waals surface area (Å²) in [4.78, 5) is 2.44. The van der Waals surface area contributed by atoms with Crippen LogP contribution < -0.4 is 0 Å². The zero-order chi connectivity index (χ0) is 10.1. The number of methoxy groups -OCH3 is 1. The second kappa shape index (κ2) is 4.17. The predicted octanol–water partition coefficient (Wildman–Crippen LogP) is 0.724. The van der Waals surface area contributed by atoms with Crippen LogP contribution in [0.2, 0.25) is 0 Å². The molecule has 0 amide bonds. The maximum Gasteiger partial charge on any atom is 0.0670 e. The van der Waals surface area contributed by atoms with Crippen LogP contribution in [0.5, 0.6) is 0 Å². The number of likely N-dealkylation sites (tertiary alicyclic amines) is 1. The van der Waals surface area contributed by atoms with Gasteiger partial charge in [0, 0.05) is 32.7 Å². The predicted molar refractivity (Wildman–Crippen MR) is 55.1 cm³/mol. The van der Waals surface area contributed by atoms with Crippen molar-refractivity contribution in [1.82, 2.24) is 4.90 Å². The molecule has 2 rings (SSSR count). The van der Waals surface area contributed by atoms with E-state index in [4.69, 9.17) is 4.74 Å². The maximum absolute atomic E-state index is 9.75. The number of fused-ring (bicyclic) bond motifs is 1. The molecule has 0 bridgehead atoms. The first-order chi connectivity index (χ1) is 6.70. The first-order valence-electron chi connectivity index (χ1n) is 5.64. The van der Waals surface area contributed by atoms with Gasteiger partial charge in [-0.3, -0.25) is 0 Å². The molecular formula is C11H21NO2. The van der Waals surface area contributed by atoms with E-state index in [-0.39, 0.29) is 6.10 Å². The third-order valence-electron chi connectivity index (χ3n) is 3.81. The van der Waals surface area contributed by atoms with Crippen LogP contribution in [0.1, 0.15) is 19.8 Å². The number of hydrogen-bond donors (Lipinski definition) is 1. The van der Waals surface area contributed by atoms with Gasteiger partial charge in [-0.15, -0.1) is 0 Å². The second-order valence-electron chi connectivity index (χ2n) is 4.83. The number of hydrogen-bond acceptors (Lipinski definition) is 3. The summed E-state index contributed by atoms with van der Waals surface area (Å²) in [5, 5.41) is 9.75. The summed E-state index contributed by atoms with van der Waals surface area (Å²) in [6, 6.07) is 0. The molecule has 3 heteroatoms. The maximum atomic E-state index is 9.75. The molecule has 1 aliphatic carbocycles. The zero-order valence-corrected chi connectivity index (χ0v) is 9.15. The van der Waals surface area contributed by atoms with Crippen molar-refractivity contribution >= 4 is 0 Å². The van der Waals surface area contributed by atoms with E-state index in [1.807, 2.05) is 0 Å². The van der Waals surface area contributed by atoms with Gasteiger partial charge < -0.3 is 14.7 Å². The highest BCUT2D eigenvalue weighted by atomic mass is 16.5. The van der Waals surface area contributed by atoms with E-state index >= 15 is 0 Å². The van der Waals surface area contributed by atoms with Crippen LogP contribution in [0.15, 0.2) is 0 Å². The molecule has 0 radical (unpaired) electrons. The summed E-state index contributed by atoms with van der Waals surface area (Å²) >= 11 is 0. The molecule has 82 valence electrons. The van der Waals surface area contributed by atoms with Gasteiger partial charge in [0.25, 0.3) is 0 Å². The van der Waals surface area contributed by atoms with Gasteiger partial charge in [0.15, 0.2) is 0 Å². The van der Waals surface area contributed by atoms with Crippen LogP contribution in [-0.2, 0) is 4.74 Å². The van der Waals surface area contributed by atoms with Crippen molar-refractivity contribution in [3.63, 3.8) is 0 Å². The summed E-state index contributed by atoms with van der Waals surface area (Å²) in [6.07, 6.45) is 2.50. The summed E-state index contributed by atoms with van der Waals surface area (Å²) in [5.41, 5.74) is 0. The molecule has 2 aliphatic rings. The highest BCUT2D eigenvalue weighted by Gasteiger charge is 2.41. The highest BCUT2D eigenvalue weighted by Crippen LogP contribution is 2.37. The Hall–Kier alpha value is -0.120. The normalized spacial score (nSPS) is 40.1. The van der Waals surface area contributed by atoms with Crippen LogP contribution in [0.3, 0.4) is 0 Å². The average Bonchev–Trinajstić information content (AvgIpc) is 2.69. The molecule has 0 aromatic rings. The third kappa shape index (κ3) is 1.95. The van der Waals surface area contributed by atoms with Crippen LogP contribution >= 0.6 is 0 Å². The van der Waals surface area contributed by atoms with Gasteiger partial charge in [-0.05, 0) is 25.7 Å². The largest absolute Gasteiger partial charge is 0.393 e. The Morgan fingerprint density at radius 2 is 2.21 bits per heavy atom. The van der Waals surface area contributed by atoms with E-state index < -0.39 is 0 Å². The van der Waals surface area contributed by atoms with Crippen molar-refractivity contribution in [2.75, 3.05) is 26.7 Å². The summed E-state index contributed by atoms with van der Waals surface area (Å²) in [6.45, 7) is 5.34. The number of rotatable bonds is 3. The average molecular weight is 199 g/mol. The number of aliphatic hydroxyl groups is 1. The van der Waals surface area contributed by atoms with E-state index in [2.05, 4.69) is 11.8 Å². The second-order valence-corrected chi connectivity index (χ2v) is 4.83. The lowest BCUT2D eigenvalue weighted by Gasteiger charge is -2.21. The van der Waals surface area contributed by atoms with Gasteiger partial charge in [0.1, 0.15) is 0 Å². The van der Waals surface area contributed by atoms with E-state index in [0.29, 0.717) is 12.0 Å². The van der Waals surface area contributed by atoms with Gasteiger partial charge >= 0.3 is 0 Å². The van der Waals surface area contributed by atoms with Crippen molar-refractivity contribution in [1.29, 1.82) is 0 Å². The SMILES string of the molecule is COC(C)CN1CC2CCC(O)C2C1. The minimum Gasteiger partial charge on any atom is -0.393 e.